The van der Waals surface area contributed by atoms with Crippen LogP contribution in [-0.4, -0.2) is 30.1 Å². The SMILES string of the molecule is CCCCC1C(OC(C)=O)OCC(C)C1O. The smallest absolute Gasteiger partial charge is 0.304 e. The van der Waals surface area contributed by atoms with E-state index < -0.39 is 12.4 Å². The van der Waals surface area contributed by atoms with Gasteiger partial charge >= 0.3 is 5.97 Å². The summed E-state index contributed by atoms with van der Waals surface area (Å²) in [5.41, 5.74) is 0. The molecular weight excluding hydrogens is 208 g/mol. The lowest BCUT2D eigenvalue weighted by Crippen LogP contribution is -2.46. The zero-order chi connectivity index (χ0) is 12.1. The van der Waals surface area contributed by atoms with E-state index in [9.17, 15) is 9.90 Å². The van der Waals surface area contributed by atoms with E-state index in [2.05, 4.69) is 6.92 Å². The van der Waals surface area contributed by atoms with Crippen LogP contribution in [0.2, 0.25) is 0 Å². The molecule has 1 heterocycles. The predicted octanol–water partition coefficient (Wildman–Crippen LogP) is 1.71. The topological polar surface area (TPSA) is 55.8 Å². The number of rotatable bonds is 4. The van der Waals surface area contributed by atoms with E-state index in [1.807, 2.05) is 6.92 Å². The lowest BCUT2D eigenvalue weighted by atomic mass is 9.86. The van der Waals surface area contributed by atoms with Crippen LogP contribution in [0.5, 0.6) is 0 Å². The Kier molecular flexibility index (Phi) is 5.22. The van der Waals surface area contributed by atoms with Gasteiger partial charge < -0.3 is 14.6 Å². The molecule has 0 saturated carbocycles. The van der Waals surface area contributed by atoms with Crippen molar-refractivity contribution in [1.82, 2.24) is 0 Å². The summed E-state index contributed by atoms with van der Waals surface area (Å²) in [4.78, 5) is 10.9. The third-order valence-electron chi connectivity index (χ3n) is 3.07. The Morgan fingerprint density at radius 1 is 1.56 bits per heavy atom. The van der Waals surface area contributed by atoms with Crippen molar-refractivity contribution in [2.24, 2.45) is 11.8 Å². The Hall–Kier alpha value is -0.610. The van der Waals surface area contributed by atoms with Crippen LogP contribution in [0, 0.1) is 11.8 Å². The first-order valence-corrected chi connectivity index (χ1v) is 6.03. The van der Waals surface area contributed by atoms with Crippen molar-refractivity contribution in [2.75, 3.05) is 6.61 Å². The highest BCUT2D eigenvalue weighted by molar-refractivity contribution is 5.66. The summed E-state index contributed by atoms with van der Waals surface area (Å²) < 4.78 is 10.6. The zero-order valence-corrected chi connectivity index (χ0v) is 10.3. The minimum atomic E-state index is -0.574. The summed E-state index contributed by atoms with van der Waals surface area (Å²) in [6, 6.07) is 0. The van der Waals surface area contributed by atoms with Gasteiger partial charge in [0.05, 0.1) is 12.7 Å². The van der Waals surface area contributed by atoms with Gasteiger partial charge in [-0.3, -0.25) is 4.79 Å². The summed E-state index contributed by atoms with van der Waals surface area (Å²) in [7, 11) is 0. The Morgan fingerprint density at radius 2 is 2.25 bits per heavy atom. The fourth-order valence-electron chi connectivity index (χ4n) is 2.08. The number of unbranched alkanes of at least 4 members (excludes halogenated alkanes) is 1. The molecule has 4 heteroatoms. The number of carbonyl (C=O) groups is 1. The molecule has 4 unspecified atom stereocenters. The first-order chi connectivity index (χ1) is 7.56. The van der Waals surface area contributed by atoms with Crippen molar-refractivity contribution >= 4 is 5.97 Å². The second-order valence-electron chi connectivity index (χ2n) is 4.59. The fraction of sp³-hybridized carbons (Fsp3) is 0.917. The highest BCUT2D eigenvalue weighted by Crippen LogP contribution is 2.30. The second-order valence-corrected chi connectivity index (χ2v) is 4.59. The van der Waals surface area contributed by atoms with Gasteiger partial charge in [0.25, 0.3) is 0 Å². The lowest BCUT2D eigenvalue weighted by Gasteiger charge is -2.38. The van der Waals surface area contributed by atoms with Crippen LogP contribution in [0.3, 0.4) is 0 Å². The van der Waals surface area contributed by atoms with E-state index in [4.69, 9.17) is 9.47 Å². The zero-order valence-electron chi connectivity index (χ0n) is 10.3. The van der Waals surface area contributed by atoms with Gasteiger partial charge in [0.15, 0.2) is 0 Å². The molecule has 0 aromatic heterocycles. The second kappa shape index (κ2) is 6.21. The van der Waals surface area contributed by atoms with Crippen molar-refractivity contribution < 1.29 is 19.4 Å². The maximum absolute atomic E-state index is 10.9. The molecule has 16 heavy (non-hydrogen) atoms. The van der Waals surface area contributed by atoms with E-state index in [0.717, 1.165) is 19.3 Å². The van der Waals surface area contributed by atoms with Gasteiger partial charge in [-0.25, -0.2) is 0 Å². The van der Waals surface area contributed by atoms with Gasteiger partial charge in [0.2, 0.25) is 6.29 Å². The molecule has 1 aliphatic rings. The van der Waals surface area contributed by atoms with E-state index >= 15 is 0 Å². The molecule has 1 N–H and O–H groups in total. The molecule has 1 saturated heterocycles. The average molecular weight is 230 g/mol. The summed E-state index contributed by atoms with van der Waals surface area (Å²) >= 11 is 0. The summed E-state index contributed by atoms with van der Waals surface area (Å²) in [6.07, 6.45) is 1.89. The molecule has 1 fully saturated rings. The quantitative estimate of drug-likeness (QED) is 0.747. The number of ether oxygens (including phenoxy) is 2. The Bertz CT molecular complexity index is 229. The third-order valence-corrected chi connectivity index (χ3v) is 3.07. The molecule has 4 atom stereocenters. The molecule has 1 aliphatic heterocycles. The standard InChI is InChI=1S/C12H22O4/c1-4-5-6-10-11(14)8(2)7-15-12(10)16-9(3)13/h8,10-12,14H,4-7H2,1-3H3. The average Bonchev–Trinajstić information content (AvgIpc) is 2.22. The summed E-state index contributed by atoms with van der Waals surface area (Å²) in [6.45, 7) is 5.86. The van der Waals surface area contributed by atoms with Crippen molar-refractivity contribution in [3.05, 3.63) is 0 Å². The number of esters is 1. The first-order valence-electron chi connectivity index (χ1n) is 6.03. The lowest BCUT2D eigenvalue weighted by molar-refractivity contribution is -0.232. The molecular formula is C12H22O4. The van der Waals surface area contributed by atoms with Crippen LogP contribution in [0.4, 0.5) is 0 Å². The molecule has 0 aromatic rings. The van der Waals surface area contributed by atoms with Crippen molar-refractivity contribution in [1.29, 1.82) is 0 Å². The minimum absolute atomic E-state index is 0.0902. The Balaban J connectivity index is 2.61. The maximum atomic E-state index is 10.9. The maximum Gasteiger partial charge on any atom is 0.304 e. The molecule has 0 bridgehead atoms. The Morgan fingerprint density at radius 3 is 2.81 bits per heavy atom. The van der Waals surface area contributed by atoms with Crippen molar-refractivity contribution in [3.8, 4) is 0 Å². The van der Waals surface area contributed by atoms with Gasteiger partial charge in [-0.2, -0.15) is 0 Å². The van der Waals surface area contributed by atoms with E-state index in [-0.39, 0.29) is 17.8 Å². The Labute approximate surface area is 96.9 Å². The largest absolute Gasteiger partial charge is 0.436 e. The van der Waals surface area contributed by atoms with Crippen molar-refractivity contribution in [2.45, 2.75) is 52.4 Å². The van der Waals surface area contributed by atoms with E-state index in [1.165, 1.54) is 6.92 Å². The normalized spacial score (nSPS) is 34.8. The number of hydrogen-bond acceptors (Lipinski definition) is 4. The molecule has 1 rings (SSSR count). The van der Waals surface area contributed by atoms with Crippen LogP contribution in [-0.2, 0) is 14.3 Å². The van der Waals surface area contributed by atoms with Crippen molar-refractivity contribution in [3.63, 3.8) is 0 Å². The van der Waals surface area contributed by atoms with E-state index in [1.54, 1.807) is 0 Å². The molecule has 0 aromatic carbocycles. The monoisotopic (exact) mass is 230 g/mol. The van der Waals surface area contributed by atoms with Gasteiger partial charge in [-0.1, -0.05) is 26.7 Å². The molecule has 0 aliphatic carbocycles. The van der Waals surface area contributed by atoms with Crippen LogP contribution in [0.15, 0.2) is 0 Å². The first kappa shape index (κ1) is 13.5. The van der Waals surface area contributed by atoms with Crippen LogP contribution in [0.25, 0.3) is 0 Å². The summed E-state index contributed by atoms with van der Waals surface area (Å²) in [5, 5.41) is 10.1. The van der Waals surface area contributed by atoms with Crippen LogP contribution >= 0.6 is 0 Å². The number of aliphatic hydroxyl groups is 1. The molecule has 0 spiro atoms. The number of hydrogen-bond donors (Lipinski definition) is 1. The highest BCUT2D eigenvalue weighted by Gasteiger charge is 2.38. The van der Waals surface area contributed by atoms with Gasteiger partial charge in [-0.15, -0.1) is 0 Å². The van der Waals surface area contributed by atoms with Gasteiger partial charge in [0, 0.05) is 18.8 Å². The highest BCUT2D eigenvalue weighted by atomic mass is 16.7. The molecule has 94 valence electrons. The third kappa shape index (κ3) is 3.46. The number of aliphatic hydroxyl groups excluding tert-OH is 1. The van der Waals surface area contributed by atoms with Crippen LogP contribution < -0.4 is 0 Å². The van der Waals surface area contributed by atoms with E-state index in [0.29, 0.717) is 6.61 Å². The molecule has 4 nitrogen and oxygen atoms in total. The van der Waals surface area contributed by atoms with Crippen LogP contribution in [0.1, 0.15) is 40.0 Å². The molecule has 0 amide bonds. The van der Waals surface area contributed by atoms with Gasteiger partial charge in [-0.05, 0) is 6.42 Å². The summed E-state index contributed by atoms with van der Waals surface area (Å²) in [5.74, 6) is -0.338. The van der Waals surface area contributed by atoms with Gasteiger partial charge in [0.1, 0.15) is 0 Å². The minimum Gasteiger partial charge on any atom is -0.436 e. The predicted molar refractivity (Wildman–Crippen MR) is 59.7 cm³/mol. The molecule has 0 radical (unpaired) electrons. The fourth-order valence-corrected chi connectivity index (χ4v) is 2.08. The number of carbonyl (C=O) groups excluding carboxylic acids is 1.